The standard InChI is InChI=1S/C19H14F3N7O/c1-9-14-12(10-3-2-4-11(5-10)19(20,21)22)6-13(30)27-17(14)29(28-9)18-15-16(24-7-23-15)25-8-26-18/h2-5,7-8,12H,6H2,1H3,(H,27,30)(H,23,24,25,26)/t12-/m0/s1. The van der Waals surface area contributed by atoms with Gasteiger partial charge in [0.25, 0.3) is 0 Å². The molecule has 3 aromatic heterocycles. The summed E-state index contributed by atoms with van der Waals surface area (Å²) >= 11 is 0. The molecule has 1 aliphatic heterocycles. The molecule has 0 fully saturated rings. The zero-order valence-electron chi connectivity index (χ0n) is 15.5. The number of carbonyl (C=O) groups excluding carboxylic acids is 1. The van der Waals surface area contributed by atoms with E-state index in [2.05, 4.69) is 30.4 Å². The largest absolute Gasteiger partial charge is 0.416 e. The van der Waals surface area contributed by atoms with Crippen molar-refractivity contribution in [3.05, 3.63) is 59.3 Å². The van der Waals surface area contributed by atoms with Crippen LogP contribution in [0.2, 0.25) is 0 Å². The number of amides is 1. The van der Waals surface area contributed by atoms with E-state index in [9.17, 15) is 18.0 Å². The number of hydrogen-bond donors (Lipinski definition) is 2. The van der Waals surface area contributed by atoms with Crippen molar-refractivity contribution in [3.63, 3.8) is 0 Å². The second kappa shape index (κ2) is 6.37. The highest BCUT2D eigenvalue weighted by atomic mass is 19.4. The number of fused-ring (bicyclic) bond motifs is 2. The minimum atomic E-state index is -4.47. The number of aryl methyl sites for hydroxylation is 1. The van der Waals surface area contributed by atoms with Crippen LogP contribution in [0, 0.1) is 6.92 Å². The summed E-state index contributed by atoms with van der Waals surface area (Å²) in [7, 11) is 0. The molecule has 1 amide bonds. The fourth-order valence-corrected chi connectivity index (χ4v) is 3.83. The third-order valence-corrected chi connectivity index (χ3v) is 5.12. The number of rotatable bonds is 2. The van der Waals surface area contributed by atoms with E-state index in [-0.39, 0.29) is 12.3 Å². The quantitative estimate of drug-likeness (QED) is 0.525. The number of nitrogens with one attached hydrogen (secondary N) is 2. The summed E-state index contributed by atoms with van der Waals surface area (Å²) in [6.07, 6.45) is -1.65. The highest BCUT2D eigenvalue weighted by Gasteiger charge is 2.35. The van der Waals surface area contributed by atoms with Crippen LogP contribution in [0.5, 0.6) is 0 Å². The van der Waals surface area contributed by atoms with E-state index >= 15 is 0 Å². The van der Waals surface area contributed by atoms with Gasteiger partial charge in [-0.05, 0) is 18.6 Å². The molecule has 0 bridgehead atoms. The normalized spacial score (nSPS) is 16.5. The van der Waals surface area contributed by atoms with Crippen LogP contribution in [-0.2, 0) is 11.0 Å². The smallest absolute Gasteiger partial charge is 0.340 e. The van der Waals surface area contributed by atoms with Crippen LogP contribution < -0.4 is 5.32 Å². The molecule has 4 aromatic rings. The maximum atomic E-state index is 13.2. The van der Waals surface area contributed by atoms with Crippen molar-refractivity contribution < 1.29 is 18.0 Å². The molecule has 0 radical (unpaired) electrons. The molecule has 0 saturated carbocycles. The number of halogens is 3. The number of aromatic nitrogens is 6. The molecular weight excluding hydrogens is 399 g/mol. The summed E-state index contributed by atoms with van der Waals surface area (Å²) < 4.78 is 41.1. The monoisotopic (exact) mass is 413 g/mol. The number of alkyl halides is 3. The second-order valence-corrected chi connectivity index (χ2v) is 6.99. The van der Waals surface area contributed by atoms with Crippen molar-refractivity contribution in [2.45, 2.75) is 25.4 Å². The minimum Gasteiger partial charge on any atom is -0.340 e. The number of imidazole rings is 1. The first kappa shape index (κ1) is 18.3. The predicted octanol–water partition coefficient (Wildman–Crippen LogP) is 3.34. The number of aromatic amines is 1. The third kappa shape index (κ3) is 2.81. The predicted molar refractivity (Wildman–Crippen MR) is 100 cm³/mol. The van der Waals surface area contributed by atoms with E-state index in [0.29, 0.717) is 39.6 Å². The average Bonchev–Trinajstić information content (AvgIpc) is 3.31. The van der Waals surface area contributed by atoms with Crippen molar-refractivity contribution >= 4 is 22.9 Å². The van der Waals surface area contributed by atoms with E-state index in [4.69, 9.17) is 0 Å². The molecule has 1 atom stereocenters. The SMILES string of the molecule is Cc1nn(-c2ncnc3nc[nH]c23)c2c1[C@H](c1cccc(C(F)(F)F)c1)CC(=O)N2. The van der Waals surface area contributed by atoms with Crippen LogP contribution in [0.4, 0.5) is 19.0 Å². The van der Waals surface area contributed by atoms with Crippen molar-refractivity contribution in [1.29, 1.82) is 0 Å². The summed E-state index contributed by atoms with van der Waals surface area (Å²) in [6.45, 7) is 1.75. The van der Waals surface area contributed by atoms with Gasteiger partial charge in [0.05, 0.1) is 17.6 Å². The third-order valence-electron chi connectivity index (χ3n) is 5.12. The Morgan fingerprint density at radius 2 is 2.03 bits per heavy atom. The van der Waals surface area contributed by atoms with Gasteiger partial charge in [-0.25, -0.2) is 15.0 Å². The molecule has 1 aliphatic rings. The van der Waals surface area contributed by atoms with Crippen molar-refractivity contribution in [3.8, 4) is 5.82 Å². The summed E-state index contributed by atoms with van der Waals surface area (Å²) in [4.78, 5) is 27.8. The van der Waals surface area contributed by atoms with E-state index in [1.54, 1.807) is 13.0 Å². The summed E-state index contributed by atoms with van der Waals surface area (Å²) in [5.74, 6) is -0.127. The van der Waals surface area contributed by atoms with Gasteiger partial charge in [0.1, 0.15) is 17.7 Å². The molecule has 30 heavy (non-hydrogen) atoms. The molecule has 5 rings (SSSR count). The molecule has 152 valence electrons. The lowest BCUT2D eigenvalue weighted by atomic mass is 9.85. The molecule has 8 nitrogen and oxygen atoms in total. The molecule has 11 heteroatoms. The Morgan fingerprint density at radius 3 is 2.83 bits per heavy atom. The average molecular weight is 413 g/mol. The van der Waals surface area contributed by atoms with Gasteiger partial charge in [0.15, 0.2) is 11.5 Å². The molecule has 0 aliphatic carbocycles. The van der Waals surface area contributed by atoms with Gasteiger partial charge in [0.2, 0.25) is 5.91 Å². The van der Waals surface area contributed by atoms with E-state index in [0.717, 1.165) is 12.1 Å². The van der Waals surface area contributed by atoms with Crippen molar-refractivity contribution in [2.24, 2.45) is 0 Å². The van der Waals surface area contributed by atoms with Gasteiger partial charge in [-0.2, -0.15) is 23.0 Å². The summed E-state index contributed by atoms with van der Waals surface area (Å²) in [6, 6.07) is 5.04. The van der Waals surface area contributed by atoms with E-state index < -0.39 is 17.7 Å². The first-order valence-corrected chi connectivity index (χ1v) is 9.04. The van der Waals surface area contributed by atoms with Gasteiger partial charge in [-0.1, -0.05) is 18.2 Å². The fraction of sp³-hybridized carbons (Fsp3) is 0.211. The number of carbonyl (C=O) groups is 1. The molecule has 0 spiro atoms. The van der Waals surface area contributed by atoms with E-state index in [1.807, 2.05) is 0 Å². The Bertz CT molecular complexity index is 1290. The molecule has 1 aromatic carbocycles. The lowest BCUT2D eigenvalue weighted by Gasteiger charge is -2.25. The first-order valence-electron chi connectivity index (χ1n) is 9.04. The van der Waals surface area contributed by atoms with Gasteiger partial charge in [-0.3, -0.25) is 4.79 Å². The molecule has 2 N–H and O–H groups in total. The number of nitrogens with zero attached hydrogens (tertiary/aromatic N) is 5. The molecular formula is C19H14F3N7O. The minimum absolute atomic E-state index is 0.0179. The van der Waals surface area contributed by atoms with Gasteiger partial charge in [0, 0.05) is 17.9 Å². The first-order chi connectivity index (χ1) is 14.3. The lowest BCUT2D eigenvalue weighted by Crippen LogP contribution is -2.25. The van der Waals surface area contributed by atoms with Crippen LogP contribution in [0.15, 0.2) is 36.9 Å². The molecule has 0 unspecified atom stereocenters. The highest BCUT2D eigenvalue weighted by Crippen LogP contribution is 2.41. The number of anilines is 1. The Balaban J connectivity index is 1.69. The zero-order valence-corrected chi connectivity index (χ0v) is 15.5. The molecule has 4 heterocycles. The number of hydrogen-bond acceptors (Lipinski definition) is 5. The Hall–Kier alpha value is -3.76. The van der Waals surface area contributed by atoms with Crippen LogP contribution in [0.25, 0.3) is 17.0 Å². The van der Waals surface area contributed by atoms with E-state index in [1.165, 1.54) is 23.4 Å². The highest BCUT2D eigenvalue weighted by molar-refractivity contribution is 5.95. The van der Waals surface area contributed by atoms with Gasteiger partial charge < -0.3 is 10.3 Å². The second-order valence-electron chi connectivity index (χ2n) is 6.99. The van der Waals surface area contributed by atoms with Crippen LogP contribution in [0.1, 0.15) is 34.7 Å². The number of benzene rings is 1. The van der Waals surface area contributed by atoms with Crippen LogP contribution in [-0.4, -0.2) is 35.6 Å². The fourth-order valence-electron chi connectivity index (χ4n) is 3.83. The summed E-state index contributed by atoms with van der Waals surface area (Å²) in [5, 5.41) is 7.31. The van der Waals surface area contributed by atoms with Crippen molar-refractivity contribution in [1.82, 2.24) is 29.7 Å². The lowest BCUT2D eigenvalue weighted by molar-refractivity contribution is -0.137. The maximum Gasteiger partial charge on any atom is 0.416 e. The molecule has 0 saturated heterocycles. The Morgan fingerprint density at radius 1 is 1.20 bits per heavy atom. The Kier molecular flexibility index (Phi) is 3.88. The number of H-pyrrole nitrogens is 1. The van der Waals surface area contributed by atoms with Crippen LogP contribution >= 0.6 is 0 Å². The topological polar surface area (TPSA) is 101 Å². The zero-order chi connectivity index (χ0) is 21.0. The van der Waals surface area contributed by atoms with Crippen LogP contribution in [0.3, 0.4) is 0 Å². The van der Waals surface area contributed by atoms with Gasteiger partial charge >= 0.3 is 6.18 Å². The van der Waals surface area contributed by atoms with Crippen molar-refractivity contribution in [2.75, 3.05) is 5.32 Å². The Labute approximate surface area is 167 Å². The van der Waals surface area contributed by atoms with Gasteiger partial charge in [-0.15, -0.1) is 0 Å². The maximum absolute atomic E-state index is 13.2. The summed E-state index contributed by atoms with van der Waals surface area (Å²) in [5.41, 5.74) is 1.83.